The summed E-state index contributed by atoms with van der Waals surface area (Å²) in [5.41, 5.74) is 3.54. The van der Waals surface area contributed by atoms with E-state index in [9.17, 15) is 9.59 Å². The number of nitrogens with one attached hydrogen (secondary N) is 1. The monoisotopic (exact) mass is 387 g/mol. The lowest BCUT2D eigenvalue weighted by Gasteiger charge is -2.20. The van der Waals surface area contributed by atoms with Gasteiger partial charge in [-0.15, -0.1) is 0 Å². The second kappa shape index (κ2) is 7.96. The summed E-state index contributed by atoms with van der Waals surface area (Å²) >= 11 is 6.10. The van der Waals surface area contributed by atoms with Gasteiger partial charge in [-0.3, -0.25) is 14.6 Å². The van der Waals surface area contributed by atoms with Crippen LogP contribution in [0, 0.1) is 13.8 Å². The van der Waals surface area contributed by atoms with E-state index in [0.29, 0.717) is 29.2 Å². The van der Waals surface area contributed by atoms with E-state index in [4.69, 9.17) is 16.3 Å². The molecule has 27 heavy (non-hydrogen) atoms. The van der Waals surface area contributed by atoms with Gasteiger partial charge < -0.3 is 15.0 Å². The average molecular weight is 388 g/mol. The highest BCUT2D eigenvalue weighted by Crippen LogP contribution is 2.29. The van der Waals surface area contributed by atoms with Crippen LogP contribution in [0.5, 0.6) is 5.75 Å². The Morgan fingerprint density at radius 2 is 2.15 bits per heavy atom. The van der Waals surface area contributed by atoms with Gasteiger partial charge in [-0.05, 0) is 38.5 Å². The van der Waals surface area contributed by atoms with Crippen molar-refractivity contribution in [3.05, 3.63) is 51.8 Å². The fourth-order valence-electron chi connectivity index (χ4n) is 3.33. The highest BCUT2D eigenvalue weighted by Gasteiger charge is 2.26. The highest BCUT2D eigenvalue weighted by atomic mass is 35.5. The average Bonchev–Trinajstić information content (AvgIpc) is 3.07. The number of methoxy groups -OCH3 is 1. The number of aryl methyl sites for hydroxylation is 1. The number of rotatable bonds is 5. The molecule has 1 aromatic heterocycles. The topological polar surface area (TPSA) is 71.5 Å². The molecule has 0 atom stereocenters. The number of amides is 2. The highest BCUT2D eigenvalue weighted by molar-refractivity contribution is 6.31. The van der Waals surface area contributed by atoms with Crippen molar-refractivity contribution in [2.75, 3.05) is 18.6 Å². The zero-order valence-electron chi connectivity index (χ0n) is 15.6. The largest absolute Gasteiger partial charge is 0.496 e. The number of anilines is 1. The van der Waals surface area contributed by atoms with Crippen LogP contribution in [0.4, 0.5) is 5.69 Å². The molecule has 1 aliphatic heterocycles. The van der Waals surface area contributed by atoms with Gasteiger partial charge in [-0.25, -0.2) is 0 Å². The maximum absolute atomic E-state index is 12.8. The van der Waals surface area contributed by atoms with Gasteiger partial charge in [0, 0.05) is 35.3 Å². The van der Waals surface area contributed by atoms with Crippen LogP contribution in [-0.2, 0) is 11.3 Å². The van der Waals surface area contributed by atoms with Crippen LogP contribution in [0.1, 0.15) is 40.0 Å². The molecule has 1 aromatic carbocycles. The molecule has 7 heteroatoms. The Morgan fingerprint density at radius 1 is 1.37 bits per heavy atom. The smallest absolute Gasteiger partial charge is 0.253 e. The number of hydrogen-bond acceptors (Lipinski definition) is 4. The molecule has 0 unspecified atom stereocenters. The van der Waals surface area contributed by atoms with E-state index in [1.165, 1.54) is 0 Å². The second-order valence-corrected chi connectivity index (χ2v) is 6.98. The first-order valence-corrected chi connectivity index (χ1v) is 9.17. The summed E-state index contributed by atoms with van der Waals surface area (Å²) in [6, 6.07) is 4.96. The molecule has 0 aliphatic carbocycles. The van der Waals surface area contributed by atoms with Crippen LogP contribution in [0.2, 0.25) is 5.02 Å². The van der Waals surface area contributed by atoms with Gasteiger partial charge in [0.2, 0.25) is 5.91 Å². The van der Waals surface area contributed by atoms with Crippen molar-refractivity contribution in [1.82, 2.24) is 10.3 Å². The van der Waals surface area contributed by atoms with E-state index in [-0.39, 0.29) is 18.4 Å². The van der Waals surface area contributed by atoms with Crippen molar-refractivity contribution in [1.29, 1.82) is 0 Å². The SMILES string of the molecule is COc1c(C)cnc(CNC(=O)c2ccc(Cl)cc2N2CCCC2=O)c1C. The molecular weight excluding hydrogens is 366 g/mol. The minimum Gasteiger partial charge on any atom is -0.496 e. The number of benzene rings is 1. The Balaban J connectivity index is 1.82. The van der Waals surface area contributed by atoms with Crippen LogP contribution in [0.15, 0.2) is 24.4 Å². The molecule has 1 saturated heterocycles. The zero-order valence-corrected chi connectivity index (χ0v) is 16.4. The Morgan fingerprint density at radius 3 is 2.81 bits per heavy atom. The Kier molecular flexibility index (Phi) is 5.65. The summed E-state index contributed by atoms with van der Waals surface area (Å²) < 4.78 is 5.41. The van der Waals surface area contributed by atoms with Crippen LogP contribution < -0.4 is 15.0 Å². The van der Waals surface area contributed by atoms with Gasteiger partial charge in [-0.1, -0.05) is 11.6 Å². The lowest BCUT2D eigenvalue weighted by atomic mass is 10.1. The molecular formula is C20H22ClN3O3. The maximum Gasteiger partial charge on any atom is 0.253 e. The summed E-state index contributed by atoms with van der Waals surface area (Å²) in [6.07, 6.45) is 2.99. The molecule has 2 aromatic rings. The molecule has 3 rings (SSSR count). The van der Waals surface area contributed by atoms with Crippen molar-refractivity contribution in [2.45, 2.75) is 33.2 Å². The van der Waals surface area contributed by atoms with Crippen molar-refractivity contribution in [2.24, 2.45) is 0 Å². The first kappa shape index (κ1) is 19.2. The molecule has 0 spiro atoms. The molecule has 1 fully saturated rings. The summed E-state index contributed by atoms with van der Waals surface area (Å²) in [6.45, 7) is 4.69. The fraction of sp³-hybridized carbons (Fsp3) is 0.350. The van der Waals surface area contributed by atoms with Gasteiger partial charge in [0.25, 0.3) is 5.91 Å². The minimum atomic E-state index is -0.276. The number of carbonyl (C=O) groups is 2. The molecule has 142 valence electrons. The zero-order chi connectivity index (χ0) is 19.6. The van der Waals surface area contributed by atoms with E-state index in [0.717, 1.165) is 29.0 Å². The number of nitrogens with zero attached hydrogens (tertiary/aromatic N) is 2. The summed E-state index contributed by atoms with van der Waals surface area (Å²) in [7, 11) is 1.62. The number of pyridine rings is 1. The Bertz CT molecular complexity index is 898. The summed E-state index contributed by atoms with van der Waals surface area (Å²) in [4.78, 5) is 30.9. The predicted molar refractivity (Wildman–Crippen MR) is 104 cm³/mol. The van der Waals surface area contributed by atoms with Gasteiger partial charge in [0.05, 0.1) is 30.6 Å². The third-order valence-electron chi connectivity index (χ3n) is 4.73. The number of halogens is 1. The molecule has 6 nitrogen and oxygen atoms in total. The number of hydrogen-bond donors (Lipinski definition) is 1. The molecule has 1 N–H and O–H groups in total. The Labute approximate surface area is 163 Å². The molecule has 2 heterocycles. The van der Waals surface area contributed by atoms with Crippen molar-refractivity contribution in [3.8, 4) is 5.75 Å². The van der Waals surface area contributed by atoms with Crippen LogP contribution in [0.3, 0.4) is 0 Å². The predicted octanol–water partition coefficient (Wildman–Crippen LogP) is 3.42. The molecule has 1 aliphatic rings. The number of carbonyl (C=O) groups excluding carboxylic acids is 2. The van der Waals surface area contributed by atoms with Crippen LogP contribution in [-0.4, -0.2) is 30.5 Å². The first-order valence-electron chi connectivity index (χ1n) is 8.79. The maximum atomic E-state index is 12.8. The Hall–Kier alpha value is -2.60. The lowest BCUT2D eigenvalue weighted by Crippen LogP contribution is -2.29. The van der Waals surface area contributed by atoms with Gasteiger partial charge >= 0.3 is 0 Å². The normalized spacial score (nSPS) is 13.8. The van der Waals surface area contributed by atoms with Crippen molar-refractivity contribution >= 4 is 29.1 Å². The number of ether oxygens (including phenoxy) is 1. The second-order valence-electron chi connectivity index (χ2n) is 6.54. The van der Waals surface area contributed by atoms with Crippen molar-refractivity contribution < 1.29 is 14.3 Å². The minimum absolute atomic E-state index is 0.00657. The van der Waals surface area contributed by atoms with Crippen LogP contribution >= 0.6 is 11.6 Å². The van der Waals surface area contributed by atoms with E-state index < -0.39 is 0 Å². The van der Waals surface area contributed by atoms with Gasteiger partial charge in [0.1, 0.15) is 5.75 Å². The molecule has 0 radical (unpaired) electrons. The van der Waals surface area contributed by atoms with Crippen molar-refractivity contribution in [3.63, 3.8) is 0 Å². The van der Waals surface area contributed by atoms with E-state index >= 15 is 0 Å². The quantitative estimate of drug-likeness (QED) is 0.853. The lowest BCUT2D eigenvalue weighted by molar-refractivity contribution is -0.117. The van der Waals surface area contributed by atoms with E-state index in [2.05, 4.69) is 10.3 Å². The first-order chi connectivity index (χ1) is 12.9. The molecule has 0 bridgehead atoms. The van der Waals surface area contributed by atoms with Gasteiger partial charge in [0.15, 0.2) is 0 Å². The van der Waals surface area contributed by atoms with E-state index in [1.807, 2.05) is 13.8 Å². The number of aromatic nitrogens is 1. The molecule has 2 amide bonds. The fourth-order valence-corrected chi connectivity index (χ4v) is 3.50. The third-order valence-corrected chi connectivity index (χ3v) is 4.97. The summed E-state index contributed by atoms with van der Waals surface area (Å²) in [5.74, 6) is 0.498. The standard InChI is InChI=1S/C20H22ClN3O3/c1-12-10-22-16(13(2)19(12)27-3)11-23-20(26)15-7-6-14(21)9-17(15)24-8-4-5-18(24)25/h6-7,9-10H,4-5,8,11H2,1-3H3,(H,23,26). The van der Waals surface area contributed by atoms with Crippen LogP contribution in [0.25, 0.3) is 0 Å². The third kappa shape index (κ3) is 3.90. The van der Waals surface area contributed by atoms with Gasteiger partial charge in [-0.2, -0.15) is 0 Å². The molecule has 0 saturated carbocycles. The summed E-state index contributed by atoms with van der Waals surface area (Å²) in [5, 5.41) is 3.37. The van der Waals surface area contributed by atoms with E-state index in [1.54, 1.807) is 36.4 Å².